The zero-order valence-electron chi connectivity index (χ0n) is 61.3. The van der Waals surface area contributed by atoms with E-state index in [9.17, 15) is 5.26 Å². The molecule has 20 rings (SSSR count). The fraction of sp³-hybridized carbons (Fsp3) is 0.0102. The molecule has 20 aromatic rings. The van der Waals surface area contributed by atoms with Gasteiger partial charge in [-0.25, -0.2) is 59.8 Å². The molecule has 0 bridgehead atoms. The molecule has 18 heteroatoms. The van der Waals surface area contributed by atoms with Gasteiger partial charge in [0.15, 0.2) is 69.9 Å². The Labute approximate surface area is 661 Å². The van der Waals surface area contributed by atoms with Crippen LogP contribution in [-0.4, -0.2) is 68.9 Å². The van der Waals surface area contributed by atoms with Gasteiger partial charge in [0, 0.05) is 93.9 Å². The number of hydrogen-bond donors (Lipinski definition) is 0. The van der Waals surface area contributed by atoms with Crippen LogP contribution in [0.1, 0.15) is 11.1 Å². The van der Waals surface area contributed by atoms with Crippen molar-refractivity contribution in [3.8, 4) is 165 Å². The van der Waals surface area contributed by atoms with E-state index in [0.717, 1.165) is 72.1 Å². The predicted octanol–water partition coefficient (Wildman–Crippen LogP) is 23.2. The van der Waals surface area contributed by atoms with Gasteiger partial charge in [0.2, 0.25) is 0 Å². The summed E-state index contributed by atoms with van der Waals surface area (Å²) in [5.41, 5.74) is 10.2. The maximum absolute atomic E-state index is 16.6. The van der Waals surface area contributed by atoms with Crippen molar-refractivity contribution >= 4 is 43.6 Å². The van der Waals surface area contributed by atoms with Crippen molar-refractivity contribution in [3.63, 3.8) is 0 Å². The first-order chi connectivity index (χ1) is 57.0. The molecule has 0 radical (unpaired) electrons. The van der Waals surface area contributed by atoms with Gasteiger partial charge in [-0.15, -0.1) is 0 Å². The van der Waals surface area contributed by atoms with Gasteiger partial charge in [-0.2, -0.15) is 18.4 Å². The van der Waals surface area contributed by atoms with Crippen molar-refractivity contribution in [2.24, 2.45) is 0 Å². The van der Waals surface area contributed by atoms with Crippen molar-refractivity contribution < 1.29 is 13.2 Å². The average molecular weight is 1500 g/mol. The van der Waals surface area contributed by atoms with Crippen LogP contribution in [0.15, 0.2) is 352 Å². The summed E-state index contributed by atoms with van der Waals surface area (Å²) in [5.74, 6) is 4.81. The number of nitrogens with zero attached hydrogens (tertiary/aromatic N) is 15. The number of hydrogen-bond acceptors (Lipinski definition) is 13. The van der Waals surface area contributed by atoms with Crippen LogP contribution in [0, 0.1) is 11.3 Å². The number of aromatic nitrogens is 14. The molecule has 0 aliphatic carbocycles. The van der Waals surface area contributed by atoms with Crippen molar-refractivity contribution in [2.75, 3.05) is 0 Å². The highest BCUT2D eigenvalue weighted by Gasteiger charge is 2.35. The zero-order chi connectivity index (χ0) is 77.8. The molecule has 0 fully saturated rings. The fourth-order valence-electron chi connectivity index (χ4n) is 15.1. The summed E-state index contributed by atoms with van der Waals surface area (Å²) in [5, 5.41) is 15.3. The second kappa shape index (κ2) is 29.0. The molecule has 6 heterocycles. The summed E-state index contributed by atoms with van der Waals surface area (Å²) in [6.45, 7) is 0. The van der Waals surface area contributed by atoms with Crippen LogP contribution in [0.5, 0.6) is 0 Å². The molecule has 0 atom stereocenters. The van der Waals surface area contributed by atoms with E-state index in [2.05, 4.69) is 6.07 Å². The topological polar surface area (TPSA) is 188 Å². The highest BCUT2D eigenvalue weighted by Crippen LogP contribution is 2.47. The van der Waals surface area contributed by atoms with E-state index in [1.807, 2.05) is 325 Å². The van der Waals surface area contributed by atoms with Crippen molar-refractivity contribution in [3.05, 3.63) is 363 Å². The second-order valence-corrected chi connectivity index (χ2v) is 27.8. The summed E-state index contributed by atoms with van der Waals surface area (Å²) >= 11 is 0. The van der Waals surface area contributed by atoms with Gasteiger partial charge in [-0.1, -0.05) is 309 Å². The number of benzene rings is 14. The first kappa shape index (κ1) is 69.2. The van der Waals surface area contributed by atoms with Gasteiger partial charge in [-0.05, 0) is 48.0 Å². The molecule has 0 spiro atoms. The average Bonchev–Trinajstić information content (AvgIpc) is 1.55. The molecule has 0 saturated heterocycles. The molecule has 0 aliphatic heterocycles. The third kappa shape index (κ3) is 12.9. The molecule has 0 unspecified atom stereocenters. The molecule has 0 amide bonds. The number of nitriles is 1. The summed E-state index contributed by atoms with van der Waals surface area (Å²) in [6, 6.07) is 113. The fourth-order valence-corrected chi connectivity index (χ4v) is 15.1. The number of rotatable bonds is 15. The van der Waals surface area contributed by atoms with Crippen LogP contribution < -0.4 is 0 Å². The van der Waals surface area contributed by atoms with E-state index in [-0.39, 0.29) is 28.1 Å². The Hall–Kier alpha value is -16.0. The SMILES string of the molecule is N#Cc1cc(-n2c3cc(-c4nc(-c5ccccc5)nc(-c5ccccc5)n4)ccc3c3ccc(-c4nc(-c5ccccc5)nc(-c5ccccc5)n4)cc32)c(-c2ccccc2C(F)(F)F)cc1-n1c2cc(-c3nc(-c4ccccc4)nc(-c4ccccc4)n3)ccc2c2ccc(-c3nc(-c4ccccc4)nc(-c4ccccc4)n3)cc21. The largest absolute Gasteiger partial charge is 0.417 e. The van der Waals surface area contributed by atoms with E-state index in [0.29, 0.717) is 114 Å². The minimum absolute atomic E-state index is 0.0934. The van der Waals surface area contributed by atoms with Gasteiger partial charge in [0.1, 0.15) is 6.07 Å². The van der Waals surface area contributed by atoms with Crippen molar-refractivity contribution in [1.82, 2.24) is 68.9 Å². The van der Waals surface area contributed by atoms with Gasteiger partial charge < -0.3 is 9.13 Å². The molecular formula is C98H58F3N15. The minimum atomic E-state index is -4.90. The lowest BCUT2D eigenvalue weighted by molar-refractivity contribution is -0.137. The van der Waals surface area contributed by atoms with Crippen LogP contribution in [0.4, 0.5) is 13.2 Å². The van der Waals surface area contributed by atoms with Gasteiger partial charge in [0.05, 0.1) is 44.6 Å². The summed E-state index contributed by atoms with van der Waals surface area (Å²) in [7, 11) is 0. The van der Waals surface area contributed by atoms with Crippen molar-refractivity contribution in [2.45, 2.75) is 6.18 Å². The quantitative estimate of drug-likeness (QED) is 0.0944. The predicted molar refractivity (Wildman–Crippen MR) is 449 cm³/mol. The van der Waals surface area contributed by atoms with Crippen LogP contribution in [0.2, 0.25) is 0 Å². The first-order valence-corrected chi connectivity index (χ1v) is 37.5. The van der Waals surface area contributed by atoms with E-state index in [1.165, 1.54) is 12.1 Å². The third-order valence-corrected chi connectivity index (χ3v) is 20.6. The Morgan fingerprint density at radius 3 is 0.664 bits per heavy atom. The number of halogens is 3. The molecule has 116 heavy (non-hydrogen) atoms. The van der Waals surface area contributed by atoms with Crippen LogP contribution >= 0.6 is 0 Å². The summed E-state index contributed by atoms with van der Waals surface area (Å²) < 4.78 is 53.6. The summed E-state index contributed by atoms with van der Waals surface area (Å²) in [6.07, 6.45) is -4.90. The molecule has 546 valence electrons. The smallest absolute Gasteiger partial charge is 0.309 e. The maximum atomic E-state index is 16.6. The number of alkyl halides is 3. The Bertz CT molecular complexity index is 6640. The van der Waals surface area contributed by atoms with E-state index < -0.39 is 11.7 Å². The standard InChI is InChI=1S/C98H58F3N15/c99-98(100,101)79-44-26-25-43-73(79)78-58-80(115-81-53-68(94-107-86(60-27-9-1-10-28-60)103-87(108-94)61-29-11-2-12-30-61)45-49-74(81)75-50-46-69(54-82(75)115)95-109-88(62-31-13-3-14-32-62)104-89(110-95)63-33-15-4-16-34-63)72(59-102)57-85(78)116-83-55-70(96-111-90(64-35-17-5-18-36-64)105-91(112-96)65-37-19-6-20-38-65)47-51-76(83)77-52-48-71(56-84(77)116)97-113-92(66-39-21-7-22-40-66)106-93(114-97)67-41-23-8-24-42-67/h1-58H. The highest BCUT2D eigenvalue weighted by atomic mass is 19.4. The zero-order valence-corrected chi connectivity index (χ0v) is 61.3. The molecule has 0 N–H and O–H groups in total. The normalized spacial score (nSPS) is 11.6. The van der Waals surface area contributed by atoms with Gasteiger partial charge in [-0.3, -0.25) is 0 Å². The van der Waals surface area contributed by atoms with Crippen LogP contribution in [-0.2, 0) is 6.18 Å². The summed E-state index contributed by atoms with van der Waals surface area (Å²) in [4.78, 5) is 61.5. The molecule has 0 saturated carbocycles. The second-order valence-electron chi connectivity index (χ2n) is 27.8. The molecule has 0 aliphatic rings. The third-order valence-electron chi connectivity index (χ3n) is 20.6. The molecule has 15 nitrogen and oxygen atoms in total. The monoisotopic (exact) mass is 1500 g/mol. The lowest BCUT2D eigenvalue weighted by atomic mass is 9.95. The van der Waals surface area contributed by atoms with E-state index in [4.69, 9.17) is 59.8 Å². The molecule has 14 aromatic carbocycles. The molecular weight excluding hydrogens is 1440 g/mol. The van der Waals surface area contributed by atoms with Crippen LogP contribution in [0.3, 0.4) is 0 Å². The number of fused-ring (bicyclic) bond motifs is 6. The van der Waals surface area contributed by atoms with Gasteiger partial charge in [0.25, 0.3) is 0 Å². The Kier molecular flexibility index (Phi) is 17.3. The molecule has 6 aromatic heterocycles. The van der Waals surface area contributed by atoms with Crippen molar-refractivity contribution in [1.29, 1.82) is 5.26 Å². The lowest BCUT2D eigenvalue weighted by Crippen LogP contribution is -2.09. The highest BCUT2D eigenvalue weighted by molar-refractivity contribution is 6.13. The van der Waals surface area contributed by atoms with Crippen LogP contribution in [0.25, 0.3) is 203 Å². The van der Waals surface area contributed by atoms with E-state index >= 15 is 13.2 Å². The minimum Gasteiger partial charge on any atom is -0.309 e. The maximum Gasteiger partial charge on any atom is 0.417 e. The Morgan fingerprint density at radius 2 is 0.431 bits per heavy atom. The Morgan fingerprint density at radius 1 is 0.216 bits per heavy atom. The first-order valence-electron chi connectivity index (χ1n) is 37.5. The Balaban J connectivity index is 0.886. The van der Waals surface area contributed by atoms with Gasteiger partial charge >= 0.3 is 6.18 Å². The van der Waals surface area contributed by atoms with E-state index in [1.54, 1.807) is 18.2 Å². The lowest BCUT2D eigenvalue weighted by Gasteiger charge is -2.21.